The van der Waals surface area contributed by atoms with E-state index in [2.05, 4.69) is 4.98 Å². The summed E-state index contributed by atoms with van der Waals surface area (Å²) >= 11 is 0. The molecule has 0 unspecified atom stereocenters. The first-order chi connectivity index (χ1) is 14.8. The molecule has 2 heterocycles. The molecule has 0 aliphatic carbocycles. The highest BCUT2D eigenvalue weighted by Gasteiger charge is 2.36. The molecule has 0 atom stereocenters. The Labute approximate surface area is 180 Å². The topological polar surface area (TPSA) is 38.1 Å². The Bertz CT molecular complexity index is 1150. The first-order valence-corrected chi connectivity index (χ1v) is 10.3. The van der Waals surface area contributed by atoms with Crippen molar-refractivity contribution in [1.29, 1.82) is 0 Å². The third-order valence-electron chi connectivity index (χ3n) is 5.88. The van der Waals surface area contributed by atoms with Gasteiger partial charge in [-0.3, -0.25) is 4.79 Å². The summed E-state index contributed by atoms with van der Waals surface area (Å²) in [6.07, 6.45) is 6.56. The normalized spacial score (nSPS) is 16.2. The Morgan fingerprint density at radius 3 is 2.48 bits per heavy atom. The van der Waals surface area contributed by atoms with Gasteiger partial charge in [-0.1, -0.05) is 18.2 Å². The molecule has 1 aliphatic rings. The zero-order valence-corrected chi connectivity index (χ0v) is 17.9. The molecule has 31 heavy (non-hydrogen) atoms. The maximum absolute atomic E-state index is 14.7. The van der Waals surface area contributed by atoms with Gasteiger partial charge < -0.3 is 9.47 Å². The van der Waals surface area contributed by atoms with Gasteiger partial charge in [0, 0.05) is 18.3 Å². The molecule has 1 saturated heterocycles. The van der Waals surface area contributed by atoms with Crippen molar-refractivity contribution in [2.75, 3.05) is 6.54 Å². The van der Waals surface area contributed by atoms with Crippen LogP contribution in [0.1, 0.15) is 43.5 Å². The third-order valence-corrected chi connectivity index (χ3v) is 5.88. The number of piperidine rings is 1. The van der Waals surface area contributed by atoms with Gasteiger partial charge in [0.05, 0.1) is 23.2 Å². The van der Waals surface area contributed by atoms with Crippen molar-refractivity contribution in [3.8, 4) is 5.69 Å². The standard InChI is InChI=1S/C25H25F2N3O/c1-17-15-29(16-28-17)23-11-6-18(14-22(23)27)13-19-5-4-12-30(24(19)31)25(2,3)20-7-9-21(26)10-8-20/h6-11,13-16H,4-5,12H2,1-3H3/b19-13+. The molecule has 1 aliphatic heterocycles. The van der Waals surface area contributed by atoms with Gasteiger partial charge in [0.1, 0.15) is 11.6 Å². The maximum Gasteiger partial charge on any atom is 0.250 e. The smallest absolute Gasteiger partial charge is 0.250 e. The van der Waals surface area contributed by atoms with Crippen molar-refractivity contribution in [2.45, 2.75) is 39.2 Å². The van der Waals surface area contributed by atoms with Crippen molar-refractivity contribution >= 4 is 12.0 Å². The third kappa shape index (κ3) is 4.15. The van der Waals surface area contributed by atoms with Gasteiger partial charge in [0.25, 0.3) is 5.91 Å². The first-order valence-electron chi connectivity index (χ1n) is 10.3. The quantitative estimate of drug-likeness (QED) is 0.529. The summed E-state index contributed by atoms with van der Waals surface area (Å²) in [5, 5.41) is 0. The Morgan fingerprint density at radius 2 is 1.84 bits per heavy atom. The minimum Gasteiger partial charge on any atom is -0.330 e. The van der Waals surface area contributed by atoms with E-state index in [1.165, 1.54) is 18.2 Å². The van der Waals surface area contributed by atoms with E-state index in [9.17, 15) is 13.6 Å². The van der Waals surface area contributed by atoms with Gasteiger partial charge in [-0.05, 0) is 75.1 Å². The average Bonchev–Trinajstić information content (AvgIpc) is 3.16. The largest absolute Gasteiger partial charge is 0.330 e. The average molecular weight is 421 g/mol. The van der Waals surface area contributed by atoms with Crippen LogP contribution in [-0.4, -0.2) is 26.9 Å². The number of likely N-dealkylation sites (tertiary alicyclic amines) is 1. The van der Waals surface area contributed by atoms with Gasteiger partial charge in [0.15, 0.2) is 0 Å². The second-order valence-electron chi connectivity index (χ2n) is 8.43. The van der Waals surface area contributed by atoms with Crippen LogP contribution in [0.15, 0.2) is 60.6 Å². The molecule has 4 rings (SSSR count). The van der Waals surface area contributed by atoms with E-state index in [1.54, 1.807) is 47.4 Å². The van der Waals surface area contributed by atoms with Gasteiger partial charge in [-0.2, -0.15) is 0 Å². The molecule has 0 spiro atoms. The Hall–Kier alpha value is -3.28. The molecule has 1 aromatic heterocycles. The van der Waals surface area contributed by atoms with Crippen LogP contribution in [-0.2, 0) is 10.3 Å². The van der Waals surface area contributed by atoms with Crippen molar-refractivity contribution in [1.82, 2.24) is 14.5 Å². The van der Waals surface area contributed by atoms with Crippen molar-refractivity contribution in [2.24, 2.45) is 0 Å². The molecule has 4 nitrogen and oxygen atoms in total. The van der Waals surface area contributed by atoms with E-state index >= 15 is 0 Å². The number of nitrogens with zero attached hydrogens (tertiary/aromatic N) is 3. The minimum absolute atomic E-state index is 0.0738. The lowest BCUT2D eigenvalue weighted by molar-refractivity contribution is -0.134. The van der Waals surface area contributed by atoms with Crippen LogP contribution in [0.25, 0.3) is 11.8 Å². The zero-order chi connectivity index (χ0) is 22.2. The second kappa shape index (κ2) is 8.10. The molecule has 160 valence electrons. The summed E-state index contributed by atoms with van der Waals surface area (Å²) in [6, 6.07) is 11.2. The number of aryl methyl sites for hydroxylation is 1. The Kier molecular flexibility index (Phi) is 5.48. The van der Waals surface area contributed by atoms with Crippen LogP contribution >= 0.6 is 0 Å². The fourth-order valence-electron chi connectivity index (χ4n) is 4.07. The number of aromatic nitrogens is 2. The van der Waals surface area contributed by atoms with Crippen molar-refractivity contribution < 1.29 is 13.6 Å². The minimum atomic E-state index is -0.585. The van der Waals surface area contributed by atoms with E-state index < -0.39 is 5.54 Å². The summed E-state index contributed by atoms with van der Waals surface area (Å²) in [4.78, 5) is 19.2. The summed E-state index contributed by atoms with van der Waals surface area (Å²) in [7, 11) is 0. The summed E-state index contributed by atoms with van der Waals surface area (Å²) < 4.78 is 29.7. The Balaban J connectivity index is 1.60. The SMILES string of the molecule is Cc1cn(-c2ccc(/C=C3\CCCN(C(C)(C)c4ccc(F)cc4)C3=O)cc2F)cn1. The fourth-order valence-corrected chi connectivity index (χ4v) is 4.07. The highest BCUT2D eigenvalue weighted by atomic mass is 19.1. The molecule has 0 N–H and O–H groups in total. The number of amides is 1. The van der Waals surface area contributed by atoms with Gasteiger partial charge >= 0.3 is 0 Å². The number of carbonyl (C=O) groups is 1. The van der Waals surface area contributed by atoms with Crippen molar-refractivity contribution in [3.05, 3.63) is 89.0 Å². The Morgan fingerprint density at radius 1 is 1.10 bits per heavy atom. The molecule has 0 saturated carbocycles. The molecule has 1 amide bonds. The second-order valence-corrected chi connectivity index (χ2v) is 8.43. The molecule has 2 aromatic carbocycles. The lowest BCUT2D eigenvalue weighted by atomic mass is 9.88. The number of imidazole rings is 1. The molecular weight excluding hydrogens is 396 g/mol. The number of rotatable bonds is 4. The fraction of sp³-hybridized carbons (Fsp3) is 0.280. The molecule has 1 fully saturated rings. The molecule has 3 aromatic rings. The lowest BCUT2D eigenvalue weighted by Crippen LogP contribution is -2.48. The molecule has 6 heteroatoms. The number of benzene rings is 2. The molecular formula is C25H25F2N3O. The van der Waals surface area contributed by atoms with Crippen LogP contribution in [0.2, 0.25) is 0 Å². The highest BCUT2D eigenvalue weighted by Crippen LogP contribution is 2.33. The van der Waals surface area contributed by atoms with Crippen LogP contribution in [0, 0.1) is 18.6 Å². The van der Waals surface area contributed by atoms with E-state index in [0.717, 1.165) is 17.7 Å². The van der Waals surface area contributed by atoms with E-state index in [4.69, 9.17) is 0 Å². The van der Waals surface area contributed by atoms with Gasteiger partial charge in [-0.15, -0.1) is 0 Å². The van der Waals surface area contributed by atoms with Crippen LogP contribution < -0.4 is 0 Å². The maximum atomic E-state index is 14.7. The number of hydrogen-bond donors (Lipinski definition) is 0. The number of carbonyl (C=O) groups excluding carboxylic acids is 1. The van der Waals surface area contributed by atoms with Gasteiger partial charge in [-0.25, -0.2) is 13.8 Å². The number of hydrogen-bond acceptors (Lipinski definition) is 2. The van der Waals surface area contributed by atoms with Crippen LogP contribution in [0.4, 0.5) is 8.78 Å². The van der Waals surface area contributed by atoms with E-state index in [0.29, 0.717) is 29.8 Å². The predicted octanol–water partition coefficient (Wildman–Crippen LogP) is 5.40. The predicted molar refractivity (Wildman–Crippen MR) is 117 cm³/mol. The summed E-state index contributed by atoms with van der Waals surface area (Å²) in [5.74, 6) is -0.754. The lowest BCUT2D eigenvalue weighted by Gasteiger charge is -2.42. The van der Waals surface area contributed by atoms with Crippen LogP contribution in [0.5, 0.6) is 0 Å². The summed E-state index contributed by atoms with van der Waals surface area (Å²) in [6.45, 7) is 6.39. The van der Waals surface area contributed by atoms with E-state index in [1.807, 2.05) is 25.7 Å². The zero-order valence-electron chi connectivity index (χ0n) is 17.9. The highest BCUT2D eigenvalue weighted by molar-refractivity contribution is 5.99. The van der Waals surface area contributed by atoms with Gasteiger partial charge in [0.2, 0.25) is 0 Å². The number of halogens is 2. The van der Waals surface area contributed by atoms with Crippen LogP contribution in [0.3, 0.4) is 0 Å². The first kappa shape index (κ1) is 21.0. The molecule has 0 radical (unpaired) electrons. The monoisotopic (exact) mass is 421 g/mol. The molecule has 0 bridgehead atoms. The van der Waals surface area contributed by atoms with E-state index in [-0.39, 0.29) is 17.5 Å². The van der Waals surface area contributed by atoms with Crippen molar-refractivity contribution in [3.63, 3.8) is 0 Å². The summed E-state index contributed by atoms with van der Waals surface area (Å²) in [5.41, 5.74) is 2.79.